The van der Waals surface area contributed by atoms with E-state index in [1.54, 1.807) is 7.05 Å². The second-order valence-corrected chi connectivity index (χ2v) is 5.76. The molecular formula is C19H21F2N3O3. The standard InChI is InChI=1S/C19H21F2N3O3/c1-22-19(23-7-10-25-14-4-5-15(20)16(21)12-14)24-13-3-6-17-18(11-13)27-9-2-8-26-17/h3-6,11-12H,2,7-10H2,1H3,(H2,22,23,24). The molecule has 2 N–H and O–H groups in total. The number of hydrogen-bond acceptors (Lipinski definition) is 4. The van der Waals surface area contributed by atoms with Gasteiger partial charge in [-0.1, -0.05) is 0 Å². The fraction of sp³-hybridized carbons (Fsp3) is 0.316. The maximum absolute atomic E-state index is 13.1. The van der Waals surface area contributed by atoms with Crippen LogP contribution in [0.4, 0.5) is 14.5 Å². The van der Waals surface area contributed by atoms with Crippen molar-refractivity contribution in [2.75, 3.05) is 38.7 Å². The molecular weight excluding hydrogens is 356 g/mol. The number of nitrogens with one attached hydrogen (secondary N) is 2. The maximum Gasteiger partial charge on any atom is 0.195 e. The van der Waals surface area contributed by atoms with Crippen LogP contribution in [0.1, 0.15) is 6.42 Å². The predicted molar refractivity (Wildman–Crippen MR) is 98.9 cm³/mol. The molecule has 6 nitrogen and oxygen atoms in total. The normalized spacial score (nSPS) is 13.7. The second-order valence-electron chi connectivity index (χ2n) is 5.76. The number of hydrogen-bond donors (Lipinski definition) is 2. The van der Waals surface area contributed by atoms with Crippen LogP contribution >= 0.6 is 0 Å². The highest BCUT2D eigenvalue weighted by Crippen LogP contribution is 2.32. The minimum atomic E-state index is -0.938. The number of fused-ring (bicyclic) bond motifs is 1. The van der Waals surface area contributed by atoms with Gasteiger partial charge in [0.25, 0.3) is 0 Å². The maximum atomic E-state index is 13.1. The Labute approximate surface area is 156 Å². The molecule has 3 rings (SSSR count). The van der Waals surface area contributed by atoms with Gasteiger partial charge in [-0.2, -0.15) is 0 Å². The molecule has 0 saturated carbocycles. The SMILES string of the molecule is CN=C(NCCOc1ccc(F)c(F)c1)Nc1ccc2c(c1)OCCCO2. The Hall–Kier alpha value is -3.03. The first-order valence-electron chi connectivity index (χ1n) is 8.61. The zero-order valence-corrected chi connectivity index (χ0v) is 14.9. The van der Waals surface area contributed by atoms with E-state index in [0.29, 0.717) is 31.5 Å². The number of guanidine groups is 1. The van der Waals surface area contributed by atoms with Gasteiger partial charge in [0.15, 0.2) is 29.1 Å². The van der Waals surface area contributed by atoms with Crippen LogP contribution in [0.2, 0.25) is 0 Å². The Morgan fingerprint density at radius 2 is 1.89 bits per heavy atom. The summed E-state index contributed by atoms with van der Waals surface area (Å²) in [6.07, 6.45) is 0.846. The van der Waals surface area contributed by atoms with E-state index in [0.717, 1.165) is 30.0 Å². The summed E-state index contributed by atoms with van der Waals surface area (Å²) in [5, 5.41) is 6.23. The van der Waals surface area contributed by atoms with Gasteiger partial charge in [0.05, 0.1) is 19.8 Å². The van der Waals surface area contributed by atoms with Crippen molar-refractivity contribution in [3.8, 4) is 17.2 Å². The molecule has 0 bridgehead atoms. The summed E-state index contributed by atoms with van der Waals surface area (Å²) in [6.45, 7) is 1.93. The lowest BCUT2D eigenvalue weighted by Crippen LogP contribution is -2.33. The molecule has 0 aromatic heterocycles. The Morgan fingerprint density at radius 3 is 2.67 bits per heavy atom. The van der Waals surface area contributed by atoms with Gasteiger partial charge in [-0.15, -0.1) is 0 Å². The average molecular weight is 377 g/mol. The number of aliphatic imine (C=N–C) groups is 1. The molecule has 0 radical (unpaired) electrons. The summed E-state index contributed by atoms with van der Waals surface area (Å²) in [5.74, 6) is 0.378. The number of anilines is 1. The first-order chi connectivity index (χ1) is 13.2. The monoisotopic (exact) mass is 377 g/mol. The minimum absolute atomic E-state index is 0.257. The molecule has 0 unspecified atom stereocenters. The van der Waals surface area contributed by atoms with Crippen LogP contribution in [0, 0.1) is 11.6 Å². The van der Waals surface area contributed by atoms with Crippen LogP contribution in [-0.4, -0.2) is 39.4 Å². The molecule has 0 fully saturated rings. The van der Waals surface area contributed by atoms with Gasteiger partial charge in [-0.25, -0.2) is 8.78 Å². The number of benzene rings is 2. The zero-order valence-electron chi connectivity index (χ0n) is 14.9. The van der Waals surface area contributed by atoms with Crippen molar-refractivity contribution in [2.24, 2.45) is 4.99 Å². The first-order valence-corrected chi connectivity index (χ1v) is 8.61. The van der Waals surface area contributed by atoms with E-state index < -0.39 is 11.6 Å². The highest BCUT2D eigenvalue weighted by atomic mass is 19.2. The van der Waals surface area contributed by atoms with Crippen molar-refractivity contribution in [3.05, 3.63) is 48.0 Å². The van der Waals surface area contributed by atoms with Crippen molar-refractivity contribution in [1.82, 2.24) is 5.32 Å². The van der Waals surface area contributed by atoms with E-state index >= 15 is 0 Å². The minimum Gasteiger partial charge on any atom is -0.492 e. The Bertz CT molecular complexity index is 815. The highest BCUT2D eigenvalue weighted by molar-refractivity contribution is 5.93. The van der Waals surface area contributed by atoms with E-state index in [1.165, 1.54) is 6.07 Å². The molecule has 2 aromatic carbocycles. The lowest BCUT2D eigenvalue weighted by molar-refractivity contribution is 0.297. The van der Waals surface area contributed by atoms with Gasteiger partial charge in [-0.05, 0) is 24.3 Å². The van der Waals surface area contributed by atoms with Gasteiger partial charge in [0.1, 0.15) is 12.4 Å². The fourth-order valence-corrected chi connectivity index (χ4v) is 2.46. The Balaban J connectivity index is 1.49. The van der Waals surface area contributed by atoms with E-state index in [1.807, 2.05) is 18.2 Å². The van der Waals surface area contributed by atoms with E-state index in [-0.39, 0.29) is 12.4 Å². The van der Waals surface area contributed by atoms with Crippen LogP contribution in [-0.2, 0) is 0 Å². The average Bonchev–Trinajstić information content (AvgIpc) is 2.92. The topological polar surface area (TPSA) is 64.1 Å². The van der Waals surface area contributed by atoms with E-state index in [2.05, 4.69) is 15.6 Å². The van der Waals surface area contributed by atoms with Crippen molar-refractivity contribution in [3.63, 3.8) is 0 Å². The van der Waals surface area contributed by atoms with Gasteiger partial charge < -0.3 is 24.8 Å². The smallest absolute Gasteiger partial charge is 0.195 e. The molecule has 0 atom stereocenters. The lowest BCUT2D eigenvalue weighted by atomic mass is 10.3. The molecule has 2 aromatic rings. The third-order valence-corrected chi connectivity index (χ3v) is 3.79. The third kappa shape index (κ3) is 5.22. The molecule has 0 amide bonds. The van der Waals surface area contributed by atoms with Crippen molar-refractivity contribution in [1.29, 1.82) is 0 Å². The summed E-state index contributed by atoms with van der Waals surface area (Å²) < 4.78 is 42.7. The molecule has 1 aliphatic rings. The second kappa shape index (κ2) is 9.07. The first kappa shape index (κ1) is 18.8. The van der Waals surface area contributed by atoms with Crippen LogP contribution < -0.4 is 24.8 Å². The number of ether oxygens (including phenoxy) is 3. The lowest BCUT2D eigenvalue weighted by Gasteiger charge is -2.14. The van der Waals surface area contributed by atoms with Crippen molar-refractivity contribution >= 4 is 11.6 Å². The van der Waals surface area contributed by atoms with E-state index in [9.17, 15) is 8.78 Å². The summed E-state index contributed by atoms with van der Waals surface area (Å²) in [7, 11) is 1.65. The number of halogens is 2. The van der Waals surface area contributed by atoms with Gasteiger partial charge in [-0.3, -0.25) is 4.99 Å². The predicted octanol–water partition coefficient (Wildman–Crippen LogP) is 3.19. The number of nitrogens with zero attached hydrogens (tertiary/aromatic N) is 1. The van der Waals surface area contributed by atoms with Crippen molar-refractivity contribution < 1.29 is 23.0 Å². The molecule has 1 aliphatic heterocycles. The largest absolute Gasteiger partial charge is 0.492 e. The molecule has 144 valence electrons. The van der Waals surface area contributed by atoms with Gasteiger partial charge in [0.2, 0.25) is 0 Å². The van der Waals surface area contributed by atoms with E-state index in [4.69, 9.17) is 14.2 Å². The molecule has 0 aliphatic carbocycles. The summed E-state index contributed by atoms with van der Waals surface area (Å²) in [6, 6.07) is 9.00. The molecule has 8 heteroatoms. The van der Waals surface area contributed by atoms with Crippen LogP contribution in [0.15, 0.2) is 41.4 Å². The summed E-state index contributed by atoms with van der Waals surface area (Å²) >= 11 is 0. The zero-order chi connectivity index (χ0) is 19.1. The number of rotatable bonds is 5. The molecule has 27 heavy (non-hydrogen) atoms. The molecule has 0 spiro atoms. The Kier molecular flexibility index (Phi) is 6.30. The van der Waals surface area contributed by atoms with Crippen LogP contribution in [0.3, 0.4) is 0 Å². The fourth-order valence-electron chi connectivity index (χ4n) is 2.46. The molecule has 1 heterocycles. The summed E-state index contributed by atoms with van der Waals surface area (Å²) in [4.78, 5) is 4.14. The highest BCUT2D eigenvalue weighted by Gasteiger charge is 2.11. The van der Waals surface area contributed by atoms with Gasteiger partial charge in [0, 0.05) is 31.3 Å². The molecule has 0 saturated heterocycles. The quantitative estimate of drug-likeness (QED) is 0.476. The van der Waals surface area contributed by atoms with Gasteiger partial charge >= 0.3 is 0 Å². The third-order valence-electron chi connectivity index (χ3n) is 3.79. The van der Waals surface area contributed by atoms with Crippen molar-refractivity contribution in [2.45, 2.75) is 6.42 Å². The van der Waals surface area contributed by atoms with Crippen LogP contribution in [0.25, 0.3) is 0 Å². The summed E-state index contributed by atoms with van der Waals surface area (Å²) in [5.41, 5.74) is 0.800. The van der Waals surface area contributed by atoms with Crippen LogP contribution in [0.5, 0.6) is 17.2 Å². The Morgan fingerprint density at radius 1 is 1.07 bits per heavy atom.